The van der Waals surface area contributed by atoms with Crippen molar-refractivity contribution in [1.82, 2.24) is 5.32 Å². The molecule has 1 rings (SSSR count). The molecule has 0 bridgehead atoms. The van der Waals surface area contributed by atoms with Crippen molar-refractivity contribution in [3.63, 3.8) is 0 Å². The molecular formula is C14H23NO3. The third-order valence-corrected chi connectivity index (χ3v) is 3.09. The third-order valence-electron chi connectivity index (χ3n) is 3.09. The molecule has 0 aliphatic rings. The molecule has 18 heavy (non-hydrogen) atoms. The molecule has 2 unspecified atom stereocenters. The minimum Gasteiger partial charge on any atom is -0.466 e. The molecule has 1 amide bonds. The maximum atomic E-state index is 11.8. The fourth-order valence-electron chi connectivity index (χ4n) is 1.88. The molecule has 4 heteroatoms. The van der Waals surface area contributed by atoms with Crippen molar-refractivity contribution in [2.75, 3.05) is 0 Å². The normalized spacial score (nSPS) is 14.6. The molecule has 0 aromatic carbocycles. The highest BCUT2D eigenvalue weighted by Crippen LogP contribution is 2.21. The summed E-state index contributed by atoms with van der Waals surface area (Å²) >= 11 is 0. The van der Waals surface area contributed by atoms with Crippen molar-refractivity contribution in [3.05, 3.63) is 23.2 Å². The fraction of sp³-hybridized carbons (Fsp3) is 0.643. The Balaban J connectivity index is 2.57. The summed E-state index contributed by atoms with van der Waals surface area (Å²) in [7, 11) is 0. The van der Waals surface area contributed by atoms with E-state index in [9.17, 15) is 9.90 Å². The Morgan fingerprint density at radius 3 is 2.44 bits per heavy atom. The van der Waals surface area contributed by atoms with Crippen LogP contribution in [0.2, 0.25) is 0 Å². The molecule has 0 aliphatic heterocycles. The first-order valence-corrected chi connectivity index (χ1v) is 6.35. The van der Waals surface area contributed by atoms with Gasteiger partial charge in [0.15, 0.2) is 0 Å². The van der Waals surface area contributed by atoms with E-state index in [1.165, 1.54) is 0 Å². The molecule has 1 aromatic heterocycles. The Labute approximate surface area is 108 Å². The third kappa shape index (κ3) is 3.88. The minimum absolute atomic E-state index is 0.0870. The summed E-state index contributed by atoms with van der Waals surface area (Å²) in [6, 6.07) is 1.83. The molecule has 2 N–H and O–H groups in total. The van der Waals surface area contributed by atoms with Crippen molar-refractivity contribution in [2.45, 2.75) is 53.2 Å². The lowest BCUT2D eigenvalue weighted by Gasteiger charge is -2.17. The van der Waals surface area contributed by atoms with Crippen LogP contribution < -0.4 is 5.32 Å². The van der Waals surface area contributed by atoms with Gasteiger partial charge in [0.1, 0.15) is 11.5 Å². The lowest BCUT2D eigenvalue weighted by Crippen LogP contribution is -2.31. The van der Waals surface area contributed by atoms with Crippen LogP contribution in [0.4, 0.5) is 0 Å². The van der Waals surface area contributed by atoms with Crippen LogP contribution in [0.25, 0.3) is 0 Å². The van der Waals surface area contributed by atoms with Crippen LogP contribution in [0.5, 0.6) is 0 Å². The first-order chi connectivity index (χ1) is 8.31. The number of rotatable bonds is 5. The van der Waals surface area contributed by atoms with E-state index in [1.54, 1.807) is 0 Å². The predicted octanol–water partition coefficient (Wildman–Crippen LogP) is 2.48. The second kappa shape index (κ2) is 6.05. The number of hydrogen-bond donors (Lipinski definition) is 2. The average molecular weight is 253 g/mol. The van der Waals surface area contributed by atoms with Gasteiger partial charge < -0.3 is 14.8 Å². The quantitative estimate of drug-likeness (QED) is 0.847. The molecule has 0 aliphatic carbocycles. The van der Waals surface area contributed by atoms with Crippen LogP contribution in [-0.2, 0) is 4.79 Å². The van der Waals surface area contributed by atoms with Crippen molar-refractivity contribution in [2.24, 2.45) is 5.92 Å². The lowest BCUT2D eigenvalue weighted by molar-refractivity contribution is -0.124. The monoisotopic (exact) mass is 253 g/mol. The summed E-state index contributed by atoms with van der Waals surface area (Å²) < 4.78 is 5.44. The van der Waals surface area contributed by atoms with Crippen LogP contribution >= 0.6 is 0 Å². The molecular weight excluding hydrogens is 230 g/mol. The lowest BCUT2D eigenvalue weighted by atomic mass is 10.0. The van der Waals surface area contributed by atoms with Crippen molar-refractivity contribution in [3.8, 4) is 0 Å². The van der Waals surface area contributed by atoms with Crippen molar-refractivity contribution >= 4 is 5.91 Å². The van der Waals surface area contributed by atoms with Crippen LogP contribution in [0.1, 0.15) is 50.3 Å². The molecule has 0 fully saturated rings. The summed E-state index contributed by atoms with van der Waals surface area (Å²) in [6.07, 6.45) is -0.456. The maximum absolute atomic E-state index is 11.8. The predicted molar refractivity (Wildman–Crippen MR) is 70.2 cm³/mol. The largest absolute Gasteiger partial charge is 0.466 e. The highest BCUT2D eigenvalue weighted by molar-refractivity contribution is 5.77. The zero-order valence-electron chi connectivity index (χ0n) is 11.8. The number of aliphatic hydroxyl groups excluding tert-OH is 1. The van der Waals surface area contributed by atoms with Gasteiger partial charge in [-0.05, 0) is 32.8 Å². The van der Waals surface area contributed by atoms with Crippen LogP contribution in [0.15, 0.2) is 10.5 Å². The number of hydrogen-bond acceptors (Lipinski definition) is 3. The van der Waals surface area contributed by atoms with Gasteiger partial charge in [-0.2, -0.15) is 0 Å². The topological polar surface area (TPSA) is 62.5 Å². The van der Waals surface area contributed by atoms with Crippen LogP contribution in [0, 0.1) is 19.8 Å². The smallest absolute Gasteiger partial charge is 0.223 e. The molecule has 4 nitrogen and oxygen atoms in total. The maximum Gasteiger partial charge on any atom is 0.223 e. The van der Waals surface area contributed by atoms with Crippen molar-refractivity contribution in [1.29, 1.82) is 0 Å². The van der Waals surface area contributed by atoms with Gasteiger partial charge in [-0.3, -0.25) is 4.79 Å². The SMILES string of the molecule is Cc1cc(C(C)NC(=O)CC(O)C(C)C)c(C)o1. The Bertz CT molecular complexity index is 409. The summed E-state index contributed by atoms with van der Waals surface area (Å²) in [5.74, 6) is 1.61. The first kappa shape index (κ1) is 14.8. The number of carbonyl (C=O) groups excluding carboxylic acids is 1. The molecule has 102 valence electrons. The number of aliphatic hydroxyl groups is 1. The van der Waals surface area contributed by atoms with Gasteiger partial charge in [0.2, 0.25) is 5.91 Å². The molecule has 2 atom stereocenters. The van der Waals surface area contributed by atoms with Gasteiger partial charge in [-0.1, -0.05) is 13.8 Å². The Hall–Kier alpha value is -1.29. The van der Waals surface area contributed by atoms with E-state index in [0.717, 1.165) is 17.1 Å². The van der Waals surface area contributed by atoms with E-state index in [0.29, 0.717) is 0 Å². The highest BCUT2D eigenvalue weighted by atomic mass is 16.3. The first-order valence-electron chi connectivity index (χ1n) is 6.35. The van der Waals surface area contributed by atoms with E-state index < -0.39 is 6.10 Å². The zero-order valence-corrected chi connectivity index (χ0v) is 11.8. The summed E-state index contributed by atoms with van der Waals surface area (Å²) in [6.45, 7) is 9.47. The Kier molecular flexibility index (Phi) is 4.96. The van der Waals surface area contributed by atoms with Gasteiger partial charge in [-0.25, -0.2) is 0 Å². The second-order valence-electron chi connectivity index (χ2n) is 5.17. The number of furan rings is 1. The summed E-state index contributed by atoms with van der Waals surface area (Å²) in [4.78, 5) is 11.8. The van der Waals surface area contributed by atoms with Gasteiger partial charge >= 0.3 is 0 Å². The fourth-order valence-corrected chi connectivity index (χ4v) is 1.88. The number of amides is 1. The Morgan fingerprint density at radius 1 is 1.39 bits per heavy atom. The number of carbonyl (C=O) groups is 1. The standard InChI is InChI=1S/C14H23NO3/c1-8(2)13(16)7-14(17)15-10(4)12-6-9(3)18-11(12)5/h6,8,10,13,16H,7H2,1-5H3,(H,15,17). The molecule has 1 heterocycles. The molecule has 1 aromatic rings. The zero-order chi connectivity index (χ0) is 13.9. The van der Waals surface area contributed by atoms with Crippen molar-refractivity contribution < 1.29 is 14.3 Å². The number of nitrogens with one attached hydrogen (secondary N) is 1. The van der Waals surface area contributed by atoms with E-state index in [1.807, 2.05) is 40.7 Å². The molecule has 0 saturated heterocycles. The van der Waals surface area contributed by atoms with Crippen LogP contribution in [0.3, 0.4) is 0 Å². The minimum atomic E-state index is -0.593. The Morgan fingerprint density at radius 2 is 2.00 bits per heavy atom. The van der Waals surface area contributed by atoms with Gasteiger partial charge in [-0.15, -0.1) is 0 Å². The van der Waals surface area contributed by atoms with E-state index in [2.05, 4.69) is 5.32 Å². The highest BCUT2D eigenvalue weighted by Gasteiger charge is 2.18. The van der Waals surface area contributed by atoms with E-state index in [-0.39, 0.29) is 24.3 Å². The van der Waals surface area contributed by atoms with E-state index >= 15 is 0 Å². The van der Waals surface area contributed by atoms with E-state index in [4.69, 9.17) is 4.42 Å². The summed E-state index contributed by atoms with van der Waals surface area (Å²) in [5.41, 5.74) is 0.986. The van der Waals surface area contributed by atoms with Crippen LogP contribution in [-0.4, -0.2) is 17.1 Å². The number of aryl methyl sites for hydroxylation is 2. The van der Waals surface area contributed by atoms with Gasteiger partial charge in [0.05, 0.1) is 18.6 Å². The average Bonchev–Trinajstić information content (AvgIpc) is 2.57. The van der Waals surface area contributed by atoms with Gasteiger partial charge in [0.25, 0.3) is 0 Å². The molecule has 0 saturated carbocycles. The van der Waals surface area contributed by atoms with Gasteiger partial charge in [0, 0.05) is 5.56 Å². The summed E-state index contributed by atoms with van der Waals surface area (Å²) in [5, 5.41) is 12.5. The second-order valence-corrected chi connectivity index (χ2v) is 5.17. The molecule has 0 spiro atoms. The molecule has 0 radical (unpaired) electrons.